The van der Waals surface area contributed by atoms with Crippen molar-refractivity contribution >= 4 is 40.8 Å². The first kappa shape index (κ1) is 40.1. The van der Waals surface area contributed by atoms with Crippen molar-refractivity contribution < 1.29 is 34.4 Å². The Bertz CT molecular complexity index is 1850. The van der Waals surface area contributed by atoms with Crippen LogP contribution >= 0.6 is 0 Å². The fourth-order valence-electron chi connectivity index (χ4n) is 6.14. The van der Waals surface area contributed by atoms with Crippen LogP contribution in [0.2, 0.25) is 19.6 Å². The zero-order valence-corrected chi connectivity index (χ0v) is 34.4. The predicted octanol–water partition coefficient (Wildman–Crippen LogP) is 11.8. The van der Waals surface area contributed by atoms with E-state index in [1.54, 1.807) is 0 Å². The molecule has 49 heavy (non-hydrogen) atoms. The van der Waals surface area contributed by atoms with Gasteiger partial charge < -0.3 is 9.52 Å². The summed E-state index contributed by atoms with van der Waals surface area (Å²) in [5.74, 6) is 1.41. The third-order valence-corrected chi connectivity index (χ3v) is 11.4. The second-order valence-corrected chi connectivity index (χ2v) is 20.0. The number of rotatable bonds is 10. The number of pyridine rings is 1. The van der Waals surface area contributed by atoms with Gasteiger partial charge in [0, 0.05) is 60.9 Å². The maximum atomic E-state index is 11.7. The van der Waals surface area contributed by atoms with E-state index in [1.165, 1.54) is 22.2 Å². The standard InChI is InChI=1S/C30H30NOSi.C13H24O2.Ir/c1-30(2,3)26-16-23(15-20-11-12-24(19-25(20)26)33(4,5)6)27-17-22(13-14-31-27)29-18-21-9-7-8-10-28(21)32-29;1-5-10(6-2)12(14)9-13(15)11(7-3)8-4;/h7-14,16-19H,1-6H3;9-11,14H,5-8H2,1-4H3;/q-1;;/b;12-9-;. The summed E-state index contributed by atoms with van der Waals surface area (Å²) in [5, 5.41) is 14.8. The second kappa shape index (κ2) is 17.1. The summed E-state index contributed by atoms with van der Waals surface area (Å²) < 4.78 is 6.10. The zero-order valence-electron chi connectivity index (χ0n) is 31.0. The van der Waals surface area contributed by atoms with E-state index in [0.717, 1.165) is 64.6 Å². The maximum absolute atomic E-state index is 11.7. The summed E-state index contributed by atoms with van der Waals surface area (Å²) in [6.45, 7) is 22.1. The normalized spacial score (nSPS) is 12.3. The van der Waals surface area contributed by atoms with Gasteiger partial charge in [0.15, 0.2) is 5.78 Å². The van der Waals surface area contributed by atoms with Gasteiger partial charge in [0.05, 0.1) is 13.8 Å². The number of fused-ring (bicyclic) bond motifs is 2. The van der Waals surface area contributed by atoms with Gasteiger partial charge in [-0.15, -0.1) is 29.1 Å². The number of furan rings is 1. The van der Waals surface area contributed by atoms with Crippen molar-refractivity contribution in [3.8, 4) is 22.6 Å². The first-order chi connectivity index (χ1) is 22.7. The SMILES string of the molecule is CC(C)(C)c1cc(-c2cc(-c3cc4ccccc4o3)ccn2)[c-]c2ccc([Si](C)(C)C)cc12.CCC(CC)C(=O)/C=C(\O)C(CC)CC.[Ir]. The number of allylic oxidation sites excluding steroid dienone is 2. The van der Waals surface area contributed by atoms with Crippen LogP contribution in [0.3, 0.4) is 0 Å². The summed E-state index contributed by atoms with van der Waals surface area (Å²) in [7, 11) is -1.41. The molecule has 6 heteroatoms. The van der Waals surface area contributed by atoms with Gasteiger partial charge >= 0.3 is 0 Å². The minimum absolute atomic E-state index is 0. The van der Waals surface area contributed by atoms with Crippen molar-refractivity contribution in [2.45, 2.75) is 99.2 Å². The van der Waals surface area contributed by atoms with Crippen molar-refractivity contribution in [1.82, 2.24) is 4.98 Å². The summed E-state index contributed by atoms with van der Waals surface area (Å²) >= 11 is 0. The van der Waals surface area contributed by atoms with E-state index >= 15 is 0 Å². The Morgan fingerprint density at radius 3 is 2.14 bits per heavy atom. The second-order valence-electron chi connectivity index (χ2n) is 14.9. The Morgan fingerprint density at radius 2 is 1.55 bits per heavy atom. The van der Waals surface area contributed by atoms with E-state index in [2.05, 4.69) is 88.9 Å². The Kier molecular flexibility index (Phi) is 14.0. The van der Waals surface area contributed by atoms with Crippen molar-refractivity contribution in [3.63, 3.8) is 0 Å². The fraction of sp³-hybridized carbons (Fsp3) is 0.395. The van der Waals surface area contributed by atoms with Crippen LogP contribution in [0.25, 0.3) is 44.3 Å². The van der Waals surface area contributed by atoms with E-state index in [-0.39, 0.29) is 48.9 Å². The number of hydrogen-bond acceptors (Lipinski definition) is 4. The molecule has 3 aromatic carbocycles. The van der Waals surface area contributed by atoms with Gasteiger partial charge in [-0.1, -0.05) is 121 Å². The van der Waals surface area contributed by atoms with Crippen molar-refractivity contribution in [1.29, 1.82) is 0 Å². The molecule has 0 saturated carbocycles. The number of hydrogen-bond donors (Lipinski definition) is 1. The van der Waals surface area contributed by atoms with Gasteiger partial charge in [0.2, 0.25) is 0 Å². The summed E-state index contributed by atoms with van der Waals surface area (Å²) in [6, 6.07) is 27.2. The van der Waals surface area contributed by atoms with E-state index < -0.39 is 8.07 Å². The van der Waals surface area contributed by atoms with Crippen LogP contribution in [0.4, 0.5) is 0 Å². The number of aliphatic hydroxyl groups excluding tert-OH is 1. The average molecular weight is 853 g/mol. The van der Waals surface area contributed by atoms with Crippen molar-refractivity contribution in [2.24, 2.45) is 11.8 Å². The van der Waals surface area contributed by atoms with Crippen molar-refractivity contribution in [2.75, 3.05) is 0 Å². The molecule has 0 aliphatic heterocycles. The monoisotopic (exact) mass is 853 g/mol. The largest absolute Gasteiger partial charge is 0.512 e. The molecule has 5 rings (SSSR count). The molecule has 1 radical (unpaired) electrons. The van der Waals surface area contributed by atoms with Gasteiger partial charge in [0.1, 0.15) is 11.3 Å². The molecule has 0 bridgehead atoms. The third kappa shape index (κ3) is 9.90. The van der Waals surface area contributed by atoms with Crippen LogP contribution in [-0.2, 0) is 30.3 Å². The first-order valence-electron chi connectivity index (χ1n) is 17.6. The molecule has 0 aliphatic rings. The molecule has 0 aliphatic carbocycles. The van der Waals surface area contributed by atoms with E-state index in [0.29, 0.717) is 0 Å². The number of ketones is 1. The molecule has 2 heterocycles. The van der Waals surface area contributed by atoms with Crippen LogP contribution in [0.1, 0.15) is 79.7 Å². The molecule has 1 N–H and O–H groups in total. The topological polar surface area (TPSA) is 63.3 Å². The number of benzene rings is 3. The summed E-state index contributed by atoms with van der Waals surface area (Å²) in [5.41, 5.74) is 5.20. The predicted molar refractivity (Wildman–Crippen MR) is 207 cm³/mol. The zero-order chi connectivity index (χ0) is 35.2. The molecule has 0 amide bonds. The molecule has 4 nitrogen and oxygen atoms in total. The van der Waals surface area contributed by atoms with Crippen LogP contribution in [0, 0.1) is 17.9 Å². The van der Waals surface area contributed by atoms with E-state index in [4.69, 9.17) is 9.40 Å². The molecule has 0 saturated heterocycles. The molecule has 2 aromatic heterocycles. The smallest absolute Gasteiger partial charge is 0.162 e. The molecule has 0 unspecified atom stereocenters. The molecular formula is C43H54IrNO3Si-. The Morgan fingerprint density at radius 1 is 0.898 bits per heavy atom. The van der Waals surface area contributed by atoms with Gasteiger partial charge in [-0.3, -0.25) is 9.78 Å². The van der Waals surface area contributed by atoms with Crippen LogP contribution in [0.15, 0.2) is 89.2 Å². The molecule has 0 spiro atoms. The van der Waals surface area contributed by atoms with Gasteiger partial charge in [-0.05, 0) is 49.3 Å². The van der Waals surface area contributed by atoms with E-state index in [9.17, 15) is 9.90 Å². The minimum Gasteiger partial charge on any atom is -0.512 e. The fourth-order valence-corrected chi connectivity index (χ4v) is 7.30. The molecule has 263 valence electrons. The van der Waals surface area contributed by atoms with Gasteiger partial charge in [-0.2, -0.15) is 0 Å². The molecular weight excluding hydrogens is 799 g/mol. The molecule has 0 fully saturated rings. The summed E-state index contributed by atoms with van der Waals surface area (Å²) in [6.07, 6.45) is 6.77. The number of aromatic nitrogens is 1. The third-order valence-electron chi connectivity index (χ3n) is 9.37. The number of carbonyl (C=O) groups excluding carboxylic acids is 1. The maximum Gasteiger partial charge on any atom is 0.162 e. The Hall–Kier alpha value is -3.31. The molecule has 0 atom stereocenters. The van der Waals surface area contributed by atoms with Gasteiger partial charge in [0.25, 0.3) is 0 Å². The Labute approximate surface area is 308 Å². The first-order valence-corrected chi connectivity index (χ1v) is 21.1. The van der Waals surface area contributed by atoms with E-state index in [1.807, 2.05) is 58.2 Å². The summed E-state index contributed by atoms with van der Waals surface area (Å²) in [4.78, 5) is 16.4. The number of carbonyl (C=O) groups is 1. The quantitative estimate of drug-likeness (QED) is 0.0658. The minimum atomic E-state index is -1.41. The average Bonchev–Trinajstić information content (AvgIpc) is 3.49. The number of aliphatic hydroxyl groups is 1. The van der Waals surface area contributed by atoms with Crippen LogP contribution in [0.5, 0.6) is 0 Å². The number of para-hydroxylation sites is 1. The molecule has 5 aromatic rings. The van der Waals surface area contributed by atoms with Crippen LogP contribution in [-0.4, -0.2) is 23.9 Å². The van der Waals surface area contributed by atoms with Crippen molar-refractivity contribution in [3.05, 3.63) is 96.4 Å². The number of nitrogens with zero attached hydrogens (tertiary/aromatic N) is 1. The Balaban J connectivity index is 0.000000347. The van der Waals surface area contributed by atoms with Gasteiger partial charge in [-0.25, -0.2) is 0 Å². The van der Waals surface area contributed by atoms with Crippen LogP contribution < -0.4 is 5.19 Å².